The van der Waals surface area contributed by atoms with Gasteiger partial charge in [0.1, 0.15) is 0 Å². The number of benzene rings is 2. The van der Waals surface area contributed by atoms with Crippen molar-refractivity contribution < 1.29 is 22.7 Å². The average molecular weight is 469 g/mol. The van der Waals surface area contributed by atoms with Crippen LogP contribution in [0.1, 0.15) is 27.6 Å². The summed E-state index contributed by atoms with van der Waals surface area (Å²) in [5.74, 6) is -0.635. The predicted molar refractivity (Wildman–Crippen MR) is 121 cm³/mol. The maximum Gasteiger partial charge on any atom is 0.338 e. The Labute approximate surface area is 192 Å². The van der Waals surface area contributed by atoms with E-state index in [2.05, 4.69) is 5.10 Å². The van der Waals surface area contributed by atoms with E-state index in [4.69, 9.17) is 4.74 Å². The Morgan fingerprint density at radius 2 is 1.58 bits per heavy atom. The highest BCUT2D eigenvalue weighted by Crippen LogP contribution is 2.20. The molecule has 1 aliphatic rings. The Bertz CT molecular complexity index is 1210. The van der Waals surface area contributed by atoms with Crippen LogP contribution in [0.4, 0.5) is 0 Å². The normalized spacial score (nSPS) is 14.8. The first-order valence-corrected chi connectivity index (χ1v) is 12.0. The van der Waals surface area contributed by atoms with Crippen molar-refractivity contribution in [3.05, 3.63) is 78.1 Å². The molecular weight excluding hydrogens is 444 g/mol. The number of carbonyl (C=O) groups is 2. The average Bonchev–Trinajstić information content (AvgIpc) is 3.39. The molecule has 0 spiro atoms. The van der Waals surface area contributed by atoms with Gasteiger partial charge in [-0.05, 0) is 61.5 Å². The molecule has 1 fully saturated rings. The number of aromatic nitrogens is 2. The first kappa shape index (κ1) is 22.7. The van der Waals surface area contributed by atoms with E-state index in [0.717, 1.165) is 5.69 Å². The molecule has 172 valence electrons. The number of hydrogen-bond donors (Lipinski definition) is 0. The third-order valence-corrected chi connectivity index (χ3v) is 7.33. The fourth-order valence-corrected chi connectivity index (χ4v) is 5.04. The molecule has 0 atom stereocenters. The van der Waals surface area contributed by atoms with Crippen LogP contribution >= 0.6 is 0 Å². The van der Waals surface area contributed by atoms with Crippen molar-refractivity contribution in [2.24, 2.45) is 0 Å². The van der Waals surface area contributed by atoms with E-state index < -0.39 is 16.0 Å². The lowest BCUT2D eigenvalue weighted by Crippen LogP contribution is -2.50. The maximum atomic E-state index is 13.0. The molecule has 1 aromatic heterocycles. The van der Waals surface area contributed by atoms with Crippen molar-refractivity contribution in [2.45, 2.75) is 11.8 Å². The van der Waals surface area contributed by atoms with Gasteiger partial charge in [0.15, 0.2) is 0 Å². The van der Waals surface area contributed by atoms with E-state index in [0.29, 0.717) is 24.2 Å². The molecule has 10 heteroatoms. The predicted octanol–water partition coefficient (Wildman–Crippen LogP) is 2.20. The molecule has 0 N–H and O–H groups in total. The van der Waals surface area contributed by atoms with Crippen LogP contribution in [-0.2, 0) is 14.8 Å². The van der Waals surface area contributed by atoms with Gasteiger partial charge in [0.05, 0.1) is 22.8 Å². The molecule has 33 heavy (non-hydrogen) atoms. The van der Waals surface area contributed by atoms with Crippen LogP contribution in [0, 0.1) is 0 Å². The number of sulfonamides is 1. The van der Waals surface area contributed by atoms with Crippen molar-refractivity contribution in [3.63, 3.8) is 0 Å². The van der Waals surface area contributed by atoms with Gasteiger partial charge in [0.2, 0.25) is 10.0 Å². The van der Waals surface area contributed by atoms with Crippen molar-refractivity contribution in [1.82, 2.24) is 19.0 Å². The SMILES string of the molecule is CCOC(=O)c1ccc(S(=O)(=O)N2CCN(C(=O)c3ccc(-n4cccn4)cc3)CC2)cc1. The van der Waals surface area contributed by atoms with Crippen LogP contribution in [-0.4, -0.2) is 72.1 Å². The third-order valence-electron chi connectivity index (χ3n) is 5.41. The summed E-state index contributed by atoms with van der Waals surface area (Å²) in [4.78, 5) is 26.4. The van der Waals surface area contributed by atoms with Crippen LogP contribution in [0.15, 0.2) is 71.9 Å². The minimum atomic E-state index is -3.73. The highest BCUT2D eigenvalue weighted by atomic mass is 32.2. The quantitative estimate of drug-likeness (QED) is 0.514. The molecule has 2 heterocycles. The van der Waals surface area contributed by atoms with Crippen LogP contribution < -0.4 is 0 Å². The van der Waals surface area contributed by atoms with Gasteiger partial charge in [0.25, 0.3) is 5.91 Å². The molecule has 0 saturated carbocycles. The van der Waals surface area contributed by atoms with Crippen LogP contribution in [0.5, 0.6) is 0 Å². The number of ether oxygens (including phenoxy) is 1. The first-order valence-electron chi connectivity index (χ1n) is 10.6. The summed E-state index contributed by atoms with van der Waals surface area (Å²) >= 11 is 0. The third kappa shape index (κ3) is 4.81. The molecule has 1 aliphatic heterocycles. The number of carbonyl (C=O) groups excluding carboxylic acids is 2. The zero-order valence-electron chi connectivity index (χ0n) is 18.1. The number of rotatable bonds is 6. The number of esters is 1. The van der Waals surface area contributed by atoms with Gasteiger partial charge in [-0.1, -0.05) is 0 Å². The molecule has 4 rings (SSSR count). The first-order chi connectivity index (χ1) is 15.9. The molecule has 1 amide bonds. The molecule has 0 unspecified atom stereocenters. The van der Waals surface area contributed by atoms with Gasteiger partial charge < -0.3 is 9.64 Å². The zero-order valence-corrected chi connectivity index (χ0v) is 18.9. The highest BCUT2D eigenvalue weighted by molar-refractivity contribution is 7.89. The molecule has 9 nitrogen and oxygen atoms in total. The topological polar surface area (TPSA) is 102 Å². The number of piperazine rings is 1. The van der Waals surface area contributed by atoms with Crippen LogP contribution in [0.2, 0.25) is 0 Å². The van der Waals surface area contributed by atoms with Crippen molar-refractivity contribution in [3.8, 4) is 5.69 Å². The molecule has 0 bridgehead atoms. The second-order valence-electron chi connectivity index (χ2n) is 7.44. The van der Waals surface area contributed by atoms with E-state index in [9.17, 15) is 18.0 Å². The molecule has 0 aliphatic carbocycles. The fraction of sp³-hybridized carbons (Fsp3) is 0.261. The number of hydrogen-bond acceptors (Lipinski definition) is 6. The summed E-state index contributed by atoms with van der Waals surface area (Å²) in [7, 11) is -3.73. The van der Waals surface area contributed by atoms with Crippen molar-refractivity contribution in [1.29, 1.82) is 0 Å². The Morgan fingerprint density at radius 1 is 0.939 bits per heavy atom. The lowest BCUT2D eigenvalue weighted by molar-refractivity contribution is 0.0526. The summed E-state index contributed by atoms with van der Waals surface area (Å²) in [6.07, 6.45) is 3.50. The van der Waals surface area contributed by atoms with Gasteiger partial charge in [0, 0.05) is 44.1 Å². The minimum Gasteiger partial charge on any atom is -0.462 e. The van der Waals surface area contributed by atoms with E-state index in [1.165, 1.54) is 28.6 Å². The summed E-state index contributed by atoms with van der Waals surface area (Å²) in [6.45, 7) is 2.92. The standard InChI is InChI=1S/C23H24N4O5S/c1-2-32-23(29)19-6-10-21(11-7-19)33(30,31)26-16-14-25(15-17-26)22(28)18-4-8-20(9-5-18)27-13-3-12-24-27/h3-13H,2,14-17H2,1H3. The van der Waals surface area contributed by atoms with E-state index in [1.54, 1.807) is 34.8 Å². The molecule has 0 radical (unpaired) electrons. The van der Waals surface area contributed by atoms with Crippen LogP contribution in [0.25, 0.3) is 5.69 Å². The van der Waals surface area contributed by atoms with Crippen LogP contribution in [0.3, 0.4) is 0 Å². The molecule has 1 saturated heterocycles. The summed E-state index contributed by atoms with van der Waals surface area (Å²) in [6, 6.07) is 14.6. The highest BCUT2D eigenvalue weighted by Gasteiger charge is 2.30. The van der Waals surface area contributed by atoms with Crippen molar-refractivity contribution in [2.75, 3.05) is 32.8 Å². The lowest BCUT2D eigenvalue weighted by Gasteiger charge is -2.34. The van der Waals surface area contributed by atoms with Gasteiger partial charge >= 0.3 is 5.97 Å². The Balaban J connectivity index is 1.38. The van der Waals surface area contributed by atoms with Gasteiger partial charge in [-0.3, -0.25) is 4.79 Å². The largest absolute Gasteiger partial charge is 0.462 e. The summed E-state index contributed by atoms with van der Waals surface area (Å²) in [5, 5.41) is 4.16. The summed E-state index contributed by atoms with van der Waals surface area (Å²) in [5.41, 5.74) is 1.68. The summed E-state index contributed by atoms with van der Waals surface area (Å²) < 4.78 is 34.0. The Kier molecular flexibility index (Phi) is 6.57. The monoisotopic (exact) mass is 468 g/mol. The number of nitrogens with zero attached hydrogens (tertiary/aromatic N) is 4. The van der Waals surface area contributed by atoms with E-state index in [1.807, 2.05) is 24.4 Å². The second kappa shape index (κ2) is 9.55. The van der Waals surface area contributed by atoms with Gasteiger partial charge in [-0.2, -0.15) is 9.40 Å². The second-order valence-corrected chi connectivity index (χ2v) is 9.38. The van der Waals surface area contributed by atoms with Gasteiger partial charge in [-0.25, -0.2) is 17.9 Å². The molecule has 3 aromatic rings. The van der Waals surface area contributed by atoms with Gasteiger partial charge in [-0.15, -0.1) is 0 Å². The molecule has 2 aromatic carbocycles. The van der Waals surface area contributed by atoms with E-state index in [-0.39, 0.29) is 30.5 Å². The van der Waals surface area contributed by atoms with Crippen molar-refractivity contribution >= 4 is 21.9 Å². The maximum absolute atomic E-state index is 13.0. The Hall–Kier alpha value is -3.50. The van der Waals surface area contributed by atoms with E-state index >= 15 is 0 Å². The smallest absolute Gasteiger partial charge is 0.338 e. The lowest BCUT2D eigenvalue weighted by atomic mass is 10.1. The fourth-order valence-electron chi connectivity index (χ4n) is 3.62. The Morgan fingerprint density at radius 3 is 2.15 bits per heavy atom. The number of amides is 1. The zero-order chi connectivity index (χ0) is 23.4. The molecular formula is C23H24N4O5S. The minimum absolute atomic E-state index is 0.101.